The fourth-order valence-electron chi connectivity index (χ4n) is 3.55. The smallest absolute Gasteiger partial charge is 0.227 e. The Hall–Kier alpha value is -1.12. The van der Waals surface area contributed by atoms with Crippen molar-refractivity contribution in [3.05, 3.63) is 12.2 Å². The van der Waals surface area contributed by atoms with Crippen LogP contribution in [0.4, 0.5) is 0 Å². The zero-order chi connectivity index (χ0) is 18.9. The minimum absolute atomic E-state index is 0.278. The van der Waals surface area contributed by atoms with Crippen LogP contribution in [-0.2, 0) is 4.79 Å². The minimum Gasteiger partial charge on any atom is -0.299 e. The molecule has 0 aliphatic carbocycles. The lowest BCUT2D eigenvalue weighted by atomic mass is 10.1. The second-order valence-electron chi connectivity index (χ2n) is 7.53. The van der Waals surface area contributed by atoms with Crippen molar-refractivity contribution in [2.24, 2.45) is 4.99 Å². The SMILES string of the molecule is CCCCCCCC/C=C\CCCCCCCC(=O)N1CCN=C1CC. The third-order valence-corrected chi connectivity index (χ3v) is 5.20. The Morgan fingerprint density at radius 1 is 0.885 bits per heavy atom. The van der Waals surface area contributed by atoms with Crippen molar-refractivity contribution in [2.75, 3.05) is 13.1 Å². The lowest BCUT2D eigenvalue weighted by Crippen LogP contribution is -2.33. The van der Waals surface area contributed by atoms with Crippen molar-refractivity contribution in [3.8, 4) is 0 Å². The van der Waals surface area contributed by atoms with Crippen LogP contribution in [0.5, 0.6) is 0 Å². The third-order valence-electron chi connectivity index (χ3n) is 5.20. The number of allylic oxidation sites excluding steroid dienone is 2. The first-order chi connectivity index (χ1) is 12.8. The summed E-state index contributed by atoms with van der Waals surface area (Å²) in [6.07, 6.45) is 23.2. The van der Waals surface area contributed by atoms with Gasteiger partial charge in [-0.3, -0.25) is 14.7 Å². The van der Waals surface area contributed by atoms with E-state index in [0.717, 1.165) is 31.8 Å². The van der Waals surface area contributed by atoms with E-state index in [1.54, 1.807) is 0 Å². The molecule has 0 saturated heterocycles. The summed E-state index contributed by atoms with van der Waals surface area (Å²) in [6, 6.07) is 0. The molecule has 0 aromatic heterocycles. The Balaban J connectivity index is 1.85. The van der Waals surface area contributed by atoms with Crippen molar-refractivity contribution in [1.29, 1.82) is 0 Å². The number of nitrogens with zero attached hydrogens (tertiary/aromatic N) is 2. The zero-order valence-corrected chi connectivity index (χ0v) is 17.5. The predicted molar refractivity (Wildman–Crippen MR) is 114 cm³/mol. The van der Waals surface area contributed by atoms with Crippen molar-refractivity contribution in [1.82, 2.24) is 4.90 Å². The van der Waals surface area contributed by atoms with Gasteiger partial charge < -0.3 is 0 Å². The Morgan fingerprint density at radius 3 is 2.08 bits per heavy atom. The van der Waals surface area contributed by atoms with Crippen LogP contribution < -0.4 is 0 Å². The molecule has 0 aromatic carbocycles. The average Bonchev–Trinajstić information content (AvgIpc) is 3.13. The maximum absolute atomic E-state index is 12.2. The van der Waals surface area contributed by atoms with Gasteiger partial charge in [-0.2, -0.15) is 0 Å². The Labute approximate surface area is 162 Å². The molecule has 0 bridgehead atoms. The molecule has 1 heterocycles. The van der Waals surface area contributed by atoms with Crippen molar-refractivity contribution < 1.29 is 4.79 Å². The van der Waals surface area contributed by atoms with Crippen LogP contribution in [0.25, 0.3) is 0 Å². The molecule has 0 N–H and O–H groups in total. The Kier molecular flexibility index (Phi) is 14.2. The van der Waals surface area contributed by atoms with E-state index in [1.165, 1.54) is 77.0 Å². The van der Waals surface area contributed by atoms with Crippen LogP contribution in [-0.4, -0.2) is 29.7 Å². The summed E-state index contributed by atoms with van der Waals surface area (Å²) in [5.41, 5.74) is 0. The molecule has 3 nitrogen and oxygen atoms in total. The number of carbonyl (C=O) groups is 1. The first-order valence-corrected chi connectivity index (χ1v) is 11.3. The zero-order valence-electron chi connectivity index (χ0n) is 17.5. The van der Waals surface area contributed by atoms with Gasteiger partial charge in [-0.1, -0.05) is 77.4 Å². The number of amidine groups is 1. The van der Waals surface area contributed by atoms with Crippen LogP contribution in [0.1, 0.15) is 110 Å². The van der Waals surface area contributed by atoms with Crippen LogP contribution in [0.15, 0.2) is 17.1 Å². The average molecular weight is 363 g/mol. The maximum Gasteiger partial charge on any atom is 0.227 e. The molecule has 150 valence electrons. The second-order valence-corrected chi connectivity index (χ2v) is 7.53. The molecule has 1 aliphatic rings. The highest BCUT2D eigenvalue weighted by atomic mass is 16.2. The fraction of sp³-hybridized carbons (Fsp3) is 0.826. The number of carbonyl (C=O) groups excluding carboxylic acids is 1. The molecular weight excluding hydrogens is 320 g/mol. The number of amides is 1. The molecule has 1 rings (SSSR count). The molecule has 0 fully saturated rings. The van der Waals surface area contributed by atoms with Gasteiger partial charge in [-0.05, 0) is 32.1 Å². The van der Waals surface area contributed by atoms with Gasteiger partial charge in [0.1, 0.15) is 5.84 Å². The Bertz CT molecular complexity index is 414. The topological polar surface area (TPSA) is 32.7 Å². The van der Waals surface area contributed by atoms with Gasteiger partial charge in [-0.15, -0.1) is 0 Å². The summed E-state index contributed by atoms with van der Waals surface area (Å²) in [6.45, 7) is 5.94. The summed E-state index contributed by atoms with van der Waals surface area (Å²) in [5.74, 6) is 1.27. The van der Waals surface area contributed by atoms with Crippen molar-refractivity contribution >= 4 is 11.7 Å². The van der Waals surface area contributed by atoms with Gasteiger partial charge in [0.05, 0.1) is 6.54 Å². The molecule has 0 atom stereocenters. The highest BCUT2D eigenvalue weighted by Crippen LogP contribution is 2.12. The molecule has 0 aromatic rings. The van der Waals surface area contributed by atoms with E-state index in [0.29, 0.717) is 6.42 Å². The highest BCUT2D eigenvalue weighted by Gasteiger charge is 2.21. The van der Waals surface area contributed by atoms with Gasteiger partial charge in [0.15, 0.2) is 0 Å². The first kappa shape index (κ1) is 22.9. The van der Waals surface area contributed by atoms with E-state index >= 15 is 0 Å². The summed E-state index contributed by atoms with van der Waals surface area (Å²) >= 11 is 0. The third kappa shape index (κ3) is 10.8. The molecular formula is C23H42N2O. The van der Waals surface area contributed by atoms with Crippen LogP contribution in [0, 0.1) is 0 Å². The molecule has 26 heavy (non-hydrogen) atoms. The molecule has 0 saturated carbocycles. The van der Waals surface area contributed by atoms with E-state index in [4.69, 9.17) is 0 Å². The Morgan fingerprint density at radius 2 is 1.46 bits per heavy atom. The summed E-state index contributed by atoms with van der Waals surface area (Å²) in [7, 11) is 0. The fourth-order valence-corrected chi connectivity index (χ4v) is 3.55. The normalized spacial score (nSPS) is 14.4. The number of hydrogen-bond donors (Lipinski definition) is 0. The van der Waals surface area contributed by atoms with Gasteiger partial charge in [0.2, 0.25) is 5.91 Å². The molecule has 1 aliphatic heterocycles. The summed E-state index contributed by atoms with van der Waals surface area (Å²) < 4.78 is 0. The lowest BCUT2D eigenvalue weighted by Gasteiger charge is -2.17. The van der Waals surface area contributed by atoms with E-state index < -0.39 is 0 Å². The molecule has 1 amide bonds. The van der Waals surface area contributed by atoms with Crippen LogP contribution in [0.3, 0.4) is 0 Å². The lowest BCUT2D eigenvalue weighted by molar-refractivity contribution is -0.127. The number of rotatable bonds is 16. The van der Waals surface area contributed by atoms with E-state index in [-0.39, 0.29) is 5.91 Å². The second kappa shape index (κ2) is 16.1. The molecule has 0 unspecified atom stereocenters. The standard InChI is InChI=1S/C23H42N2O/c1-3-5-6-7-8-9-10-11-12-13-14-15-16-17-18-19-23(26)25-21-20-24-22(25)4-2/h11-12H,3-10,13-21H2,1-2H3/b12-11-. The first-order valence-electron chi connectivity index (χ1n) is 11.3. The summed E-state index contributed by atoms with van der Waals surface area (Å²) in [5, 5.41) is 0. The van der Waals surface area contributed by atoms with E-state index in [9.17, 15) is 4.79 Å². The van der Waals surface area contributed by atoms with Gasteiger partial charge >= 0.3 is 0 Å². The molecule has 0 radical (unpaired) electrons. The minimum atomic E-state index is 0.278. The van der Waals surface area contributed by atoms with Gasteiger partial charge in [0.25, 0.3) is 0 Å². The number of unbranched alkanes of at least 4 members (excludes halogenated alkanes) is 11. The molecule has 3 heteroatoms. The van der Waals surface area contributed by atoms with Crippen molar-refractivity contribution in [2.45, 2.75) is 110 Å². The number of aliphatic imine (C=N–C) groups is 1. The maximum atomic E-state index is 12.2. The van der Waals surface area contributed by atoms with Crippen molar-refractivity contribution in [3.63, 3.8) is 0 Å². The van der Waals surface area contributed by atoms with Gasteiger partial charge in [0, 0.05) is 19.4 Å². The quantitative estimate of drug-likeness (QED) is 0.223. The number of hydrogen-bond acceptors (Lipinski definition) is 2. The predicted octanol–water partition coefficient (Wildman–Crippen LogP) is 6.67. The highest BCUT2D eigenvalue weighted by molar-refractivity contribution is 5.99. The van der Waals surface area contributed by atoms with E-state index in [2.05, 4.69) is 31.0 Å². The van der Waals surface area contributed by atoms with E-state index in [1.807, 2.05) is 4.90 Å². The van der Waals surface area contributed by atoms with Crippen LogP contribution in [0.2, 0.25) is 0 Å². The summed E-state index contributed by atoms with van der Waals surface area (Å²) in [4.78, 5) is 18.5. The van der Waals surface area contributed by atoms with Gasteiger partial charge in [-0.25, -0.2) is 0 Å². The molecule has 0 spiro atoms. The largest absolute Gasteiger partial charge is 0.299 e. The monoisotopic (exact) mass is 362 g/mol. The van der Waals surface area contributed by atoms with Crippen LogP contribution >= 0.6 is 0 Å².